The molecule has 1 fully saturated rings. The second-order valence-electron chi connectivity index (χ2n) is 5.15. The Labute approximate surface area is 130 Å². The molecule has 0 spiro atoms. The number of hydrogen-bond donors (Lipinski definition) is 2. The Hall–Kier alpha value is -2.09. The molecular weight excluding hydrogens is 284 g/mol. The molecule has 21 heavy (non-hydrogen) atoms. The molecule has 0 saturated heterocycles. The van der Waals surface area contributed by atoms with Crippen LogP contribution in [0.3, 0.4) is 0 Å². The average molecular weight is 301 g/mol. The zero-order valence-corrected chi connectivity index (χ0v) is 12.3. The Kier molecular flexibility index (Phi) is 4.79. The topological polar surface area (TPSA) is 74.7 Å². The van der Waals surface area contributed by atoms with E-state index < -0.39 is 0 Å². The minimum Gasteiger partial charge on any atom is -0.366 e. The zero-order valence-electron chi connectivity index (χ0n) is 11.5. The number of aromatic nitrogens is 1. The lowest BCUT2D eigenvalue weighted by atomic mass is 10.1. The van der Waals surface area contributed by atoms with Crippen molar-refractivity contribution in [3.63, 3.8) is 0 Å². The van der Waals surface area contributed by atoms with Gasteiger partial charge >= 0.3 is 0 Å². The van der Waals surface area contributed by atoms with Gasteiger partial charge in [-0.05, 0) is 35.7 Å². The number of nitrogens with one attached hydrogen (secondary N) is 1. The van der Waals surface area contributed by atoms with E-state index in [4.69, 9.17) is 11.0 Å². The van der Waals surface area contributed by atoms with Crippen LogP contribution in [0.2, 0.25) is 0 Å². The summed E-state index contributed by atoms with van der Waals surface area (Å²) in [5, 5.41) is 12.1. The fourth-order valence-corrected chi connectivity index (χ4v) is 2.27. The summed E-state index contributed by atoms with van der Waals surface area (Å²) in [5.74, 6) is 1.33. The molecule has 0 amide bonds. The van der Waals surface area contributed by atoms with Crippen LogP contribution in [0.4, 0.5) is 5.82 Å². The van der Waals surface area contributed by atoms with Crippen molar-refractivity contribution >= 4 is 18.2 Å². The highest BCUT2D eigenvalue weighted by atomic mass is 35.5. The molecule has 0 bridgehead atoms. The van der Waals surface area contributed by atoms with Crippen molar-refractivity contribution in [2.24, 2.45) is 5.73 Å². The highest BCUT2D eigenvalue weighted by Gasteiger charge is 2.34. The molecule has 1 aliphatic rings. The molecule has 2 aromatic rings. The van der Waals surface area contributed by atoms with Gasteiger partial charge in [0.05, 0.1) is 11.6 Å². The van der Waals surface area contributed by atoms with Crippen molar-refractivity contribution in [3.05, 3.63) is 59.3 Å². The van der Waals surface area contributed by atoms with Gasteiger partial charge in [0.25, 0.3) is 0 Å². The van der Waals surface area contributed by atoms with E-state index >= 15 is 0 Å². The number of halogens is 1. The quantitative estimate of drug-likeness (QED) is 0.910. The van der Waals surface area contributed by atoms with Crippen molar-refractivity contribution in [1.82, 2.24) is 4.98 Å². The number of rotatable bonds is 4. The van der Waals surface area contributed by atoms with E-state index in [1.54, 1.807) is 6.07 Å². The predicted octanol–water partition coefficient (Wildman–Crippen LogP) is 2.80. The monoisotopic (exact) mass is 300 g/mol. The molecule has 1 aromatic heterocycles. The van der Waals surface area contributed by atoms with E-state index in [1.807, 2.05) is 30.5 Å². The first-order chi connectivity index (χ1) is 9.76. The third-order valence-corrected chi connectivity index (χ3v) is 3.58. The average Bonchev–Trinajstić information content (AvgIpc) is 3.23. The third kappa shape index (κ3) is 3.72. The van der Waals surface area contributed by atoms with Crippen LogP contribution in [0.25, 0.3) is 0 Å². The first-order valence-electron chi connectivity index (χ1n) is 6.71. The maximum atomic E-state index is 8.86. The first-order valence-corrected chi connectivity index (χ1v) is 6.71. The van der Waals surface area contributed by atoms with Gasteiger partial charge in [0.2, 0.25) is 0 Å². The van der Waals surface area contributed by atoms with Crippen LogP contribution >= 0.6 is 12.4 Å². The van der Waals surface area contributed by atoms with Crippen LogP contribution < -0.4 is 11.1 Å². The van der Waals surface area contributed by atoms with Crippen molar-refractivity contribution < 1.29 is 0 Å². The van der Waals surface area contributed by atoms with Gasteiger partial charge in [-0.15, -0.1) is 12.4 Å². The lowest BCUT2D eigenvalue weighted by molar-refractivity contribution is 0.978. The fourth-order valence-electron chi connectivity index (χ4n) is 2.27. The van der Waals surface area contributed by atoms with Gasteiger partial charge in [-0.1, -0.05) is 18.2 Å². The summed E-state index contributed by atoms with van der Waals surface area (Å²) < 4.78 is 0. The Morgan fingerprint density at radius 1 is 1.33 bits per heavy atom. The lowest BCUT2D eigenvalue weighted by Gasteiger charge is -2.07. The lowest BCUT2D eigenvalue weighted by Crippen LogP contribution is -2.03. The second kappa shape index (κ2) is 6.57. The number of hydrogen-bond acceptors (Lipinski definition) is 4. The summed E-state index contributed by atoms with van der Waals surface area (Å²) in [4.78, 5) is 4.40. The number of anilines is 1. The van der Waals surface area contributed by atoms with Crippen LogP contribution in [0.15, 0.2) is 42.6 Å². The molecule has 1 heterocycles. The largest absolute Gasteiger partial charge is 0.366 e. The molecule has 0 radical (unpaired) electrons. The highest BCUT2D eigenvalue weighted by molar-refractivity contribution is 5.85. The standard InChI is InChI=1S/C16H16N4.ClH/c17-8-11-2-1-3-12(6-11)9-19-16-5-4-13(10-20-16)14-7-15(14)18;/h1-6,10,14-15H,7,9,18H2,(H,19,20);1H/t14-,15+;/m0./s1. The summed E-state index contributed by atoms with van der Waals surface area (Å²) >= 11 is 0. The molecule has 0 unspecified atom stereocenters. The maximum absolute atomic E-state index is 8.86. The molecule has 1 saturated carbocycles. The van der Waals surface area contributed by atoms with Gasteiger partial charge in [0.1, 0.15) is 5.82 Å². The van der Waals surface area contributed by atoms with Crippen molar-refractivity contribution in [1.29, 1.82) is 5.26 Å². The van der Waals surface area contributed by atoms with Crippen molar-refractivity contribution in [2.75, 3.05) is 5.32 Å². The summed E-state index contributed by atoms with van der Waals surface area (Å²) in [6.07, 6.45) is 2.96. The first kappa shape index (κ1) is 15.3. The van der Waals surface area contributed by atoms with Gasteiger partial charge < -0.3 is 11.1 Å². The number of benzene rings is 1. The van der Waals surface area contributed by atoms with Crippen molar-refractivity contribution in [2.45, 2.75) is 24.9 Å². The van der Waals surface area contributed by atoms with E-state index in [2.05, 4.69) is 22.4 Å². The molecule has 1 aliphatic carbocycles. The van der Waals surface area contributed by atoms with Crippen molar-refractivity contribution in [3.8, 4) is 6.07 Å². The van der Waals surface area contributed by atoms with Crippen LogP contribution in [-0.4, -0.2) is 11.0 Å². The van der Waals surface area contributed by atoms with Gasteiger partial charge in [0, 0.05) is 24.7 Å². The van der Waals surface area contributed by atoms with Crippen LogP contribution in [0.1, 0.15) is 29.0 Å². The van der Waals surface area contributed by atoms with E-state index in [-0.39, 0.29) is 12.4 Å². The van der Waals surface area contributed by atoms with Gasteiger partial charge in [-0.3, -0.25) is 0 Å². The van der Waals surface area contributed by atoms with E-state index in [1.165, 1.54) is 5.56 Å². The molecule has 0 aliphatic heterocycles. The van der Waals surface area contributed by atoms with E-state index in [0.717, 1.165) is 17.8 Å². The molecule has 1 aromatic carbocycles. The van der Waals surface area contributed by atoms with E-state index in [0.29, 0.717) is 24.1 Å². The number of nitrogens with two attached hydrogens (primary N) is 1. The normalized spacial score (nSPS) is 19.2. The predicted molar refractivity (Wildman–Crippen MR) is 85.3 cm³/mol. The Balaban J connectivity index is 0.00000161. The number of nitriles is 1. The Morgan fingerprint density at radius 2 is 2.14 bits per heavy atom. The summed E-state index contributed by atoms with van der Waals surface area (Å²) in [5.41, 5.74) is 8.79. The van der Waals surface area contributed by atoms with Crippen LogP contribution in [0, 0.1) is 11.3 Å². The fraction of sp³-hybridized carbons (Fsp3) is 0.250. The molecule has 108 valence electrons. The molecular formula is C16H17ClN4. The van der Waals surface area contributed by atoms with E-state index in [9.17, 15) is 0 Å². The second-order valence-corrected chi connectivity index (χ2v) is 5.15. The Bertz CT molecular complexity index is 648. The molecule has 2 atom stereocenters. The zero-order chi connectivity index (χ0) is 13.9. The number of pyridine rings is 1. The highest BCUT2D eigenvalue weighted by Crippen LogP contribution is 2.38. The Morgan fingerprint density at radius 3 is 2.76 bits per heavy atom. The molecule has 3 N–H and O–H groups in total. The molecule has 4 nitrogen and oxygen atoms in total. The molecule has 5 heteroatoms. The SMILES string of the molecule is Cl.N#Cc1cccc(CNc2ccc([C@@H]3C[C@H]3N)cn2)c1. The van der Waals surface area contributed by atoms with Crippen LogP contribution in [0.5, 0.6) is 0 Å². The summed E-state index contributed by atoms with van der Waals surface area (Å²) in [6.45, 7) is 0.658. The summed E-state index contributed by atoms with van der Waals surface area (Å²) in [6, 6.07) is 14.1. The number of nitrogens with zero attached hydrogens (tertiary/aromatic N) is 2. The van der Waals surface area contributed by atoms with Gasteiger partial charge in [-0.25, -0.2) is 4.98 Å². The van der Waals surface area contributed by atoms with Crippen LogP contribution in [-0.2, 0) is 6.54 Å². The molecule has 3 rings (SSSR count). The summed E-state index contributed by atoms with van der Waals surface area (Å²) in [7, 11) is 0. The minimum atomic E-state index is 0. The minimum absolute atomic E-state index is 0. The van der Waals surface area contributed by atoms with Gasteiger partial charge in [0.15, 0.2) is 0 Å². The third-order valence-electron chi connectivity index (χ3n) is 3.58. The maximum Gasteiger partial charge on any atom is 0.126 e. The van der Waals surface area contributed by atoms with Gasteiger partial charge in [-0.2, -0.15) is 5.26 Å². The smallest absolute Gasteiger partial charge is 0.126 e.